The van der Waals surface area contributed by atoms with E-state index in [4.69, 9.17) is 18.9 Å². The summed E-state index contributed by atoms with van der Waals surface area (Å²) in [6.45, 7) is 0.199. The monoisotopic (exact) mass is 404 g/mol. The highest BCUT2D eigenvalue weighted by Gasteiger charge is 2.24. The minimum absolute atomic E-state index is 0.0700. The molecule has 0 aliphatic carbocycles. The van der Waals surface area contributed by atoms with Crippen LogP contribution in [0.15, 0.2) is 40.4 Å². The predicted octanol–water partition coefficient (Wildman–Crippen LogP) is 4.13. The first kappa shape index (κ1) is 17.4. The van der Waals surface area contributed by atoms with Crippen LogP contribution in [-0.2, 0) is 0 Å². The Morgan fingerprint density at radius 3 is 2.48 bits per heavy atom. The van der Waals surface area contributed by atoms with Gasteiger partial charge in [-0.15, -0.1) is 0 Å². The molecule has 6 heteroatoms. The second-order valence-electron chi connectivity index (χ2n) is 5.35. The highest BCUT2D eigenvalue weighted by molar-refractivity contribution is 9.10. The summed E-state index contributed by atoms with van der Waals surface area (Å²) in [6.07, 6.45) is 1.76. The van der Waals surface area contributed by atoms with E-state index in [1.54, 1.807) is 45.6 Å². The molecular formula is C19H17BrO5. The molecule has 1 aliphatic heterocycles. The first-order chi connectivity index (χ1) is 12.1. The summed E-state index contributed by atoms with van der Waals surface area (Å²) in [5.41, 5.74) is 1.79. The van der Waals surface area contributed by atoms with Gasteiger partial charge in [-0.3, -0.25) is 4.79 Å². The van der Waals surface area contributed by atoms with E-state index in [1.165, 1.54) is 0 Å². The fourth-order valence-corrected chi connectivity index (χ4v) is 3.09. The maximum absolute atomic E-state index is 12.8. The van der Waals surface area contributed by atoms with Crippen LogP contribution in [-0.4, -0.2) is 33.7 Å². The van der Waals surface area contributed by atoms with E-state index in [2.05, 4.69) is 15.9 Å². The molecule has 1 heterocycles. The lowest BCUT2D eigenvalue weighted by Gasteiger charge is -2.20. The average molecular weight is 405 g/mol. The third-order valence-corrected chi connectivity index (χ3v) is 4.42. The summed E-state index contributed by atoms with van der Waals surface area (Å²) in [4.78, 5) is 12.8. The number of fused-ring (bicyclic) bond motifs is 1. The zero-order chi connectivity index (χ0) is 18.0. The Balaban J connectivity index is 2.06. The lowest BCUT2D eigenvalue weighted by molar-refractivity contribution is 0.100. The molecular weight excluding hydrogens is 388 g/mol. The molecule has 5 nitrogen and oxygen atoms in total. The van der Waals surface area contributed by atoms with E-state index < -0.39 is 0 Å². The van der Waals surface area contributed by atoms with E-state index in [0.717, 1.165) is 4.47 Å². The van der Waals surface area contributed by atoms with Gasteiger partial charge in [0.15, 0.2) is 17.3 Å². The van der Waals surface area contributed by atoms with Crippen molar-refractivity contribution in [1.82, 2.24) is 0 Å². The van der Waals surface area contributed by atoms with Crippen LogP contribution < -0.4 is 18.9 Å². The number of Topliss-reactive ketones (excluding diaryl/α,β-unsaturated/α-hetero) is 1. The van der Waals surface area contributed by atoms with Crippen molar-refractivity contribution in [3.05, 3.63) is 51.5 Å². The second kappa shape index (κ2) is 7.19. The van der Waals surface area contributed by atoms with Crippen molar-refractivity contribution in [3.63, 3.8) is 0 Å². The summed E-state index contributed by atoms with van der Waals surface area (Å²) in [5, 5.41) is 0. The van der Waals surface area contributed by atoms with Crippen LogP contribution in [0.5, 0.6) is 23.0 Å². The number of ether oxygens (including phenoxy) is 4. The number of hydrogen-bond donors (Lipinski definition) is 0. The van der Waals surface area contributed by atoms with Gasteiger partial charge in [0.2, 0.25) is 5.75 Å². The lowest BCUT2D eigenvalue weighted by Crippen LogP contribution is -2.19. The minimum atomic E-state index is -0.0700. The van der Waals surface area contributed by atoms with Crippen LogP contribution in [0, 0.1) is 0 Å². The van der Waals surface area contributed by atoms with E-state index in [9.17, 15) is 4.79 Å². The van der Waals surface area contributed by atoms with Crippen LogP contribution in [0.1, 0.15) is 15.9 Å². The zero-order valence-electron chi connectivity index (χ0n) is 14.1. The highest BCUT2D eigenvalue weighted by Crippen LogP contribution is 2.41. The zero-order valence-corrected chi connectivity index (χ0v) is 15.7. The van der Waals surface area contributed by atoms with E-state index >= 15 is 0 Å². The van der Waals surface area contributed by atoms with Gasteiger partial charge in [0.25, 0.3) is 0 Å². The summed E-state index contributed by atoms with van der Waals surface area (Å²) >= 11 is 3.38. The Morgan fingerprint density at radius 1 is 1.04 bits per heavy atom. The third kappa shape index (κ3) is 3.22. The molecule has 130 valence electrons. The number of carbonyl (C=O) groups excluding carboxylic acids is 1. The Bertz CT molecular complexity index is 857. The summed E-state index contributed by atoms with van der Waals surface area (Å²) in [5.74, 6) is 2.06. The number of ketones is 1. The van der Waals surface area contributed by atoms with Gasteiger partial charge >= 0.3 is 0 Å². The van der Waals surface area contributed by atoms with Crippen molar-refractivity contribution in [2.45, 2.75) is 0 Å². The standard InChI is InChI=1S/C19H17BrO5/c1-22-16-6-4-11(18(23-2)19(16)24-3)8-12-10-25-15-7-5-13(20)9-14(15)17(12)21/h4-9H,10H2,1-3H3. The molecule has 0 bridgehead atoms. The lowest BCUT2D eigenvalue weighted by atomic mass is 9.98. The maximum atomic E-state index is 12.8. The molecule has 0 saturated carbocycles. The van der Waals surface area contributed by atoms with Crippen LogP contribution in [0.4, 0.5) is 0 Å². The summed E-state index contributed by atoms with van der Waals surface area (Å²) < 4.78 is 22.7. The Kier molecular flexibility index (Phi) is 4.99. The number of benzene rings is 2. The first-order valence-corrected chi connectivity index (χ1v) is 8.35. The van der Waals surface area contributed by atoms with Crippen LogP contribution in [0.2, 0.25) is 0 Å². The largest absolute Gasteiger partial charge is 0.493 e. The first-order valence-electron chi connectivity index (χ1n) is 7.55. The van der Waals surface area contributed by atoms with Gasteiger partial charge in [-0.2, -0.15) is 0 Å². The van der Waals surface area contributed by atoms with Crippen molar-refractivity contribution < 1.29 is 23.7 Å². The van der Waals surface area contributed by atoms with Gasteiger partial charge in [0.1, 0.15) is 12.4 Å². The average Bonchev–Trinajstić information content (AvgIpc) is 2.63. The summed E-state index contributed by atoms with van der Waals surface area (Å²) in [7, 11) is 4.65. The molecule has 0 N–H and O–H groups in total. The number of halogens is 1. The van der Waals surface area contributed by atoms with E-state index in [0.29, 0.717) is 39.7 Å². The van der Waals surface area contributed by atoms with Crippen molar-refractivity contribution in [3.8, 4) is 23.0 Å². The normalized spacial score (nSPS) is 14.7. The van der Waals surface area contributed by atoms with E-state index in [1.807, 2.05) is 12.1 Å². The molecule has 3 rings (SSSR count). The van der Waals surface area contributed by atoms with Gasteiger partial charge < -0.3 is 18.9 Å². The fraction of sp³-hybridized carbons (Fsp3) is 0.211. The van der Waals surface area contributed by atoms with E-state index in [-0.39, 0.29) is 12.4 Å². The van der Waals surface area contributed by atoms with Gasteiger partial charge in [0.05, 0.1) is 26.9 Å². The minimum Gasteiger partial charge on any atom is -0.493 e. The highest BCUT2D eigenvalue weighted by atomic mass is 79.9. The smallest absolute Gasteiger partial charge is 0.203 e. The van der Waals surface area contributed by atoms with Gasteiger partial charge in [-0.05, 0) is 36.4 Å². The molecule has 0 saturated heterocycles. The Labute approximate surface area is 154 Å². The SMILES string of the molecule is COc1ccc(C=C2COc3ccc(Br)cc3C2=O)c(OC)c1OC. The molecule has 0 atom stereocenters. The molecule has 0 spiro atoms. The van der Waals surface area contributed by atoms with Crippen molar-refractivity contribution in [2.75, 3.05) is 27.9 Å². The number of carbonyl (C=O) groups is 1. The number of methoxy groups -OCH3 is 3. The third-order valence-electron chi connectivity index (χ3n) is 3.93. The van der Waals surface area contributed by atoms with Crippen molar-refractivity contribution >= 4 is 27.8 Å². The van der Waals surface area contributed by atoms with Gasteiger partial charge in [-0.1, -0.05) is 15.9 Å². The fourth-order valence-electron chi connectivity index (χ4n) is 2.73. The van der Waals surface area contributed by atoms with Crippen LogP contribution in [0.25, 0.3) is 6.08 Å². The van der Waals surface area contributed by atoms with Gasteiger partial charge in [0, 0.05) is 15.6 Å². The maximum Gasteiger partial charge on any atom is 0.203 e. The van der Waals surface area contributed by atoms with Crippen molar-refractivity contribution in [2.24, 2.45) is 0 Å². The number of hydrogen-bond acceptors (Lipinski definition) is 5. The Hall–Kier alpha value is -2.47. The molecule has 1 aliphatic rings. The molecule has 0 aromatic heterocycles. The number of rotatable bonds is 4. The quantitative estimate of drug-likeness (QED) is 0.716. The second-order valence-corrected chi connectivity index (χ2v) is 6.27. The van der Waals surface area contributed by atoms with Crippen LogP contribution in [0.3, 0.4) is 0 Å². The molecule has 0 radical (unpaired) electrons. The molecule has 0 fully saturated rings. The molecule has 0 unspecified atom stereocenters. The molecule has 0 amide bonds. The van der Waals surface area contributed by atoms with Crippen LogP contribution >= 0.6 is 15.9 Å². The molecule has 25 heavy (non-hydrogen) atoms. The molecule has 2 aromatic rings. The summed E-state index contributed by atoms with van der Waals surface area (Å²) in [6, 6.07) is 8.98. The van der Waals surface area contributed by atoms with Crippen molar-refractivity contribution in [1.29, 1.82) is 0 Å². The predicted molar refractivity (Wildman–Crippen MR) is 98.0 cm³/mol. The Morgan fingerprint density at radius 2 is 1.80 bits per heavy atom. The topological polar surface area (TPSA) is 54.0 Å². The van der Waals surface area contributed by atoms with Gasteiger partial charge in [-0.25, -0.2) is 0 Å². The molecule has 2 aromatic carbocycles.